The molecule has 0 spiro atoms. The van der Waals surface area contributed by atoms with Crippen molar-refractivity contribution in [1.29, 1.82) is 0 Å². The molecule has 7 heteroatoms. The number of aliphatic hydroxyl groups is 1. The molecule has 2 aliphatic heterocycles. The van der Waals surface area contributed by atoms with E-state index >= 15 is 0 Å². The zero-order valence-corrected chi connectivity index (χ0v) is 16.6. The van der Waals surface area contributed by atoms with Crippen molar-refractivity contribution in [2.75, 3.05) is 5.32 Å². The van der Waals surface area contributed by atoms with Gasteiger partial charge in [-0.1, -0.05) is 41.9 Å². The number of ether oxygens (including phenoxy) is 1. The Balaban J connectivity index is 1.64. The molecule has 4 atom stereocenters. The Morgan fingerprint density at radius 3 is 2.66 bits per heavy atom. The Kier molecular flexibility index (Phi) is 3.72. The molecule has 1 saturated heterocycles. The van der Waals surface area contributed by atoms with Crippen molar-refractivity contribution >= 4 is 17.3 Å². The molecule has 4 aliphatic rings. The van der Waals surface area contributed by atoms with Crippen LogP contribution in [0.2, 0.25) is 0 Å². The van der Waals surface area contributed by atoms with Crippen molar-refractivity contribution in [2.45, 2.75) is 30.4 Å². The summed E-state index contributed by atoms with van der Waals surface area (Å²) in [5.41, 5.74) is 6.14. The Morgan fingerprint density at radius 2 is 1.88 bits per heavy atom. The van der Waals surface area contributed by atoms with Gasteiger partial charge in [0.2, 0.25) is 0 Å². The molecule has 1 fully saturated rings. The summed E-state index contributed by atoms with van der Waals surface area (Å²) in [7, 11) is 0. The zero-order valence-electron chi connectivity index (χ0n) is 16.6. The number of phenolic OH excluding ortho intramolecular Hbond substituents is 1. The Bertz CT molecular complexity index is 1420. The second-order valence-corrected chi connectivity index (χ2v) is 8.04. The number of carbonyl (C=O) groups excluding carboxylic acids is 2. The smallest absolute Gasteiger partial charge is 0.198 e. The molecule has 156 valence electrons. The van der Waals surface area contributed by atoms with Crippen LogP contribution in [0.25, 0.3) is 0 Å². The number of rotatable bonds is 1. The third-order valence-corrected chi connectivity index (χ3v) is 6.43. The first-order valence-corrected chi connectivity index (χ1v) is 10.1. The maximum Gasteiger partial charge on any atom is 0.198 e. The number of anilines is 1. The SMILES string of the molecule is NCc1cccc2c1C(=O)c1c(O)cc3c(c1C2=O)N[C@H]1C#C/C=C\C#C[C@H](O)[C@@]32OC12. The number of hydrogen-bond donors (Lipinski definition) is 4. The van der Waals surface area contributed by atoms with Crippen LogP contribution < -0.4 is 11.1 Å². The number of nitrogens with one attached hydrogen (secondary N) is 1. The quantitative estimate of drug-likeness (QED) is 0.260. The van der Waals surface area contributed by atoms with E-state index in [1.54, 1.807) is 24.3 Å². The first-order valence-electron chi connectivity index (χ1n) is 10.1. The van der Waals surface area contributed by atoms with Gasteiger partial charge in [-0.25, -0.2) is 0 Å². The van der Waals surface area contributed by atoms with Gasteiger partial charge in [-0.3, -0.25) is 9.59 Å². The highest BCUT2D eigenvalue weighted by Crippen LogP contribution is 2.59. The summed E-state index contributed by atoms with van der Waals surface area (Å²) >= 11 is 0. The number of epoxide rings is 1. The molecule has 2 aromatic rings. The minimum absolute atomic E-state index is 0.0413. The number of hydrogen-bond acceptors (Lipinski definition) is 7. The summed E-state index contributed by atoms with van der Waals surface area (Å²) < 4.78 is 5.94. The Morgan fingerprint density at radius 1 is 1.09 bits per heavy atom. The molecule has 6 rings (SSSR count). The molecule has 32 heavy (non-hydrogen) atoms. The van der Waals surface area contributed by atoms with E-state index in [0.717, 1.165) is 0 Å². The first kappa shape index (κ1) is 18.9. The summed E-state index contributed by atoms with van der Waals surface area (Å²) in [6, 6.07) is 5.76. The molecule has 0 saturated carbocycles. The van der Waals surface area contributed by atoms with E-state index in [2.05, 4.69) is 29.0 Å². The van der Waals surface area contributed by atoms with Gasteiger partial charge in [0.25, 0.3) is 0 Å². The fourth-order valence-corrected chi connectivity index (χ4v) is 4.95. The molecule has 2 aliphatic carbocycles. The van der Waals surface area contributed by atoms with Gasteiger partial charge in [0.05, 0.1) is 16.8 Å². The number of phenols is 1. The van der Waals surface area contributed by atoms with Crippen molar-refractivity contribution in [3.05, 3.63) is 69.8 Å². The highest BCUT2D eigenvalue weighted by atomic mass is 16.6. The lowest BCUT2D eigenvalue weighted by Crippen LogP contribution is -2.42. The first-order chi connectivity index (χ1) is 15.5. The van der Waals surface area contributed by atoms with Crippen molar-refractivity contribution < 1.29 is 24.5 Å². The third-order valence-electron chi connectivity index (χ3n) is 6.43. The fourth-order valence-electron chi connectivity index (χ4n) is 4.95. The van der Waals surface area contributed by atoms with Gasteiger partial charge in [0.15, 0.2) is 23.3 Å². The van der Waals surface area contributed by atoms with E-state index in [1.165, 1.54) is 12.1 Å². The normalized spacial score (nSPS) is 28.9. The van der Waals surface area contributed by atoms with Gasteiger partial charge in [-0.15, -0.1) is 0 Å². The van der Waals surface area contributed by atoms with Crippen molar-refractivity contribution in [1.82, 2.24) is 0 Å². The summed E-state index contributed by atoms with van der Waals surface area (Å²) in [6.45, 7) is 0.0795. The van der Waals surface area contributed by atoms with Gasteiger partial charge >= 0.3 is 0 Å². The predicted molar refractivity (Wildman–Crippen MR) is 114 cm³/mol. The lowest BCUT2D eigenvalue weighted by Gasteiger charge is -2.32. The average molecular weight is 424 g/mol. The van der Waals surface area contributed by atoms with Gasteiger partial charge in [-0.2, -0.15) is 0 Å². The van der Waals surface area contributed by atoms with Crippen LogP contribution >= 0.6 is 0 Å². The largest absolute Gasteiger partial charge is 0.507 e. The van der Waals surface area contributed by atoms with Gasteiger partial charge in [0.1, 0.15) is 17.9 Å². The molecule has 2 aromatic carbocycles. The molecule has 1 unspecified atom stereocenters. The summed E-state index contributed by atoms with van der Waals surface area (Å²) in [4.78, 5) is 27.0. The van der Waals surface area contributed by atoms with E-state index in [4.69, 9.17) is 10.5 Å². The zero-order chi connectivity index (χ0) is 22.2. The van der Waals surface area contributed by atoms with Crippen molar-refractivity contribution in [2.24, 2.45) is 5.73 Å². The highest BCUT2D eigenvalue weighted by molar-refractivity contribution is 6.31. The maximum atomic E-state index is 13.6. The lowest BCUT2D eigenvalue weighted by molar-refractivity contribution is 0.0975. The van der Waals surface area contributed by atoms with Crippen LogP contribution in [0, 0.1) is 23.7 Å². The van der Waals surface area contributed by atoms with Gasteiger partial charge < -0.3 is 26.0 Å². The van der Waals surface area contributed by atoms with Crippen LogP contribution in [-0.2, 0) is 16.9 Å². The average Bonchev–Trinajstić information content (AvgIpc) is 3.56. The lowest BCUT2D eigenvalue weighted by atomic mass is 9.75. The number of nitrogens with two attached hydrogens (primary N) is 1. The Hall–Kier alpha value is -3.88. The topological polar surface area (TPSA) is 125 Å². The van der Waals surface area contributed by atoms with Gasteiger partial charge in [-0.05, 0) is 23.8 Å². The van der Waals surface area contributed by atoms with E-state index in [0.29, 0.717) is 16.8 Å². The summed E-state index contributed by atoms with van der Waals surface area (Å²) in [5.74, 6) is 10.1. The van der Waals surface area contributed by atoms with Crippen LogP contribution in [-0.4, -0.2) is 40.0 Å². The molecule has 5 N–H and O–H groups in total. The number of carbonyl (C=O) groups is 2. The second-order valence-electron chi connectivity index (χ2n) is 8.04. The molecule has 0 aromatic heterocycles. The van der Waals surface area contributed by atoms with E-state index in [9.17, 15) is 19.8 Å². The van der Waals surface area contributed by atoms with E-state index < -0.39 is 35.4 Å². The van der Waals surface area contributed by atoms with Crippen molar-refractivity contribution in [3.8, 4) is 29.4 Å². The fraction of sp³-hybridized carbons (Fsp3) is 0.200. The minimum Gasteiger partial charge on any atom is -0.507 e. The number of aliphatic hydroxyl groups excluding tert-OH is 1. The Labute approximate surface area is 182 Å². The number of aromatic hydroxyl groups is 1. The van der Waals surface area contributed by atoms with E-state index in [1.807, 2.05) is 0 Å². The molecule has 0 radical (unpaired) electrons. The van der Waals surface area contributed by atoms with Crippen molar-refractivity contribution in [3.63, 3.8) is 0 Å². The van der Waals surface area contributed by atoms with E-state index in [-0.39, 0.29) is 34.5 Å². The van der Waals surface area contributed by atoms with Crippen LogP contribution in [0.15, 0.2) is 36.4 Å². The molecule has 2 bridgehead atoms. The molecule has 2 heterocycles. The highest BCUT2D eigenvalue weighted by Gasteiger charge is 2.69. The number of fused-ring (bicyclic) bond motifs is 4. The molecule has 7 nitrogen and oxygen atoms in total. The number of ketones is 2. The second kappa shape index (κ2) is 6.32. The predicted octanol–water partition coefficient (Wildman–Crippen LogP) is 0.952. The van der Waals surface area contributed by atoms with Crippen LogP contribution in [0.5, 0.6) is 5.75 Å². The summed E-state index contributed by atoms with van der Waals surface area (Å²) in [6.07, 6.45) is 1.35. The van der Waals surface area contributed by atoms with Gasteiger partial charge in [0, 0.05) is 23.2 Å². The monoisotopic (exact) mass is 424 g/mol. The standard InChI is InChI=1S/C25H16N2O5/c26-11-12-6-5-7-13-18(12)23(31)19-16(28)10-14-21(20(19)22(13)30)27-15-8-3-1-2-4-9-17(29)25(14)24(15)32-25/h1-2,5-7,10,15,17,24,27-29H,11,26H2/b2-1-/t15-,17-,24?,25-/m0/s1. The number of allylic oxidation sites excluding steroid dienone is 2. The third kappa shape index (κ3) is 2.22. The molecular weight excluding hydrogens is 408 g/mol. The number of benzene rings is 2. The maximum absolute atomic E-state index is 13.6. The summed E-state index contributed by atoms with van der Waals surface area (Å²) in [5, 5.41) is 25.0. The molecule has 0 amide bonds. The van der Waals surface area contributed by atoms with Crippen LogP contribution in [0.4, 0.5) is 5.69 Å². The minimum atomic E-state index is -1.26. The molecular formula is C25H16N2O5. The van der Waals surface area contributed by atoms with Crippen LogP contribution in [0.3, 0.4) is 0 Å². The van der Waals surface area contributed by atoms with Crippen LogP contribution in [0.1, 0.15) is 43.0 Å².